The summed E-state index contributed by atoms with van der Waals surface area (Å²) in [6.45, 7) is 0.705. The summed E-state index contributed by atoms with van der Waals surface area (Å²) in [5.74, 6) is 1.40. The van der Waals surface area contributed by atoms with Gasteiger partial charge in [-0.05, 0) is 18.4 Å². The second kappa shape index (κ2) is 8.42. The lowest BCUT2D eigenvalue weighted by atomic mass is 9.79. The van der Waals surface area contributed by atoms with Gasteiger partial charge >= 0.3 is 0 Å². The van der Waals surface area contributed by atoms with Crippen LogP contribution in [0.5, 0.6) is 0 Å². The molecular formula is C24H26N2O2. The third kappa shape index (κ3) is 4.16. The van der Waals surface area contributed by atoms with Crippen LogP contribution in [0.2, 0.25) is 0 Å². The number of amides is 1. The third-order valence-corrected chi connectivity index (χ3v) is 5.75. The van der Waals surface area contributed by atoms with Crippen LogP contribution in [0.15, 0.2) is 71.3 Å². The average Bonchev–Trinajstić information content (AvgIpc) is 3.43. The summed E-state index contributed by atoms with van der Waals surface area (Å²) >= 11 is 0. The van der Waals surface area contributed by atoms with E-state index in [-0.39, 0.29) is 11.3 Å². The lowest BCUT2D eigenvalue weighted by molar-refractivity contribution is -0.121. The lowest BCUT2D eigenvalue weighted by Crippen LogP contribution is -2.39. The summed E-state index contributed by atoms with van der Waals surface area (Å²) in [5.41, 5.74) is 2.42. The molecule has 0 unspecified atom stereocenters. The van der Waals surface area contributed by atoms with Crippen molar-refractivity contribution in [2.45, 2.75) is 43.9 Å². The molecule has 1 aliphatic rings. The van der Waals surface area contributed by atoms with E-state index >= 15 is 0 Å². The molecule has 1 fully saturated rings. The molecule has 4 rings (SSSR count). The molecule has 0 bridgehead atoms. The Morgan fingerprint density at radius 2 is 1.68 bits per heavy atom. The maximum absolute atomic E-state index is 12.4. The Morgan fingerprint density at radius 3 is 2.39 bits per heavy atom. The molecule has 2 aromatic carbocycles. The van der Waals surface area contributed by atoms with Crippen LogP contribution in [-0.4, -0.2) is 17.4 Å². The van der Waals surface area contributed by atoms with Crippen LogP contribution in [0, 0.1) is 0 Å². The van der Waals surface area contributed by atoms with Gasteiger partial charge in [-0.3, -0.25) is 4.79 Å². The summed E-state index contributed by atoms with van der Waals surface area (Å²) < 4.78 is 5.80. The Hall–Kier alpha value is -2.88. The van der Waals surface area contributed by atoms with Gasteiger partial charge in [0.1, 0.15) is 0 Å². The quantitative estimate of drug-likeness (QED) is 0.640. The SMILES string of the molecule is O=C(CCc1ncc(-c2ccccc2)o1)NCC1(c2ccccc2)CCCC1. The van der Waals surface area contributed by atoms with E-state index in [1.807, 2.05) is 36.4 Å². The zero-order chi connectivity index (χ0) is 19.2. The van der Waals surface area contributed by atoms with E-state index in [9.17, 15) is 4.79 Å². The molecule has 0 atom stereocenters. The number of carbonyl (C=O) groups is 1. The summed E-state index contributed by atoms with van der Waals surface area (Å²) in [6, 6.07) is 20.5. The zero-order valence-corrected chi connectivity index (χ0v) is 16.1. The highest BCUT2D eigenvalue weighted by Crippen LogP contribution is 2.40. The fraction of sp³-hybridized carbons (Fsp3) is 0.333. The predicted molar refractivity (Wildman–Crippen MR) is 110 cm³/mol. The van der Waals surface area contributed by atoms with Gasteiger partial charge < -0.3 is 9.73 Å². The molecular weight excluding hydrogens is 348 g/mol. The number of rotatable bonds is 7. The second-order valence-electron chi connectivity index (χ2n) is 7.61. The van der Waals surface area contributed by atoms with Crippen molar-refractivity contribution in [1.29, 1.82) is 0 Å². The van der Waals surface area contributed by atoms with Gasteiger partial charge in [0.15, 0.2) is 11.7 Å². The van der Waals surface area contributed by atoms with E-state index in [4.69, 9.17) is 4.42 Å². The Balaban J connectivity index is 1.32. The topological polar surface area (TPSA) is 55.1 Å². The van der Waals surface area contributed by atoms with Crippen LogP contribution in [0.25, 0.3) is 11.3 Å². The van der Waals surface area contributed by atoms with Gasteiger partial charge in [0.05, 0.1) is 6.20 Å². The summed E-state index contributed by atoms with van der Waals surface area (Å²) in [4.78, 5) is 16.8. The smallest absolute Gasteiger partial charge is 0.220 e. The van der Waals surface area contributed by atoms with E-state index < -0.39 is 0 Å². The van der Waals surface area contributed by atoms with Crippen molar-refractivity contribution in [3.05, 3.63) is 78.3 Å². The number of hydrogen-bond donors (Lipinski definition) is 1. The molecule has 1 aliphatic carbocycles. The minimum absolute atomic E-state index is 0.0571. The fourth-order valence-electron chi connectivity index (χ4n) is 4.15. The van der Waals surface area contributed by atoms with E-state index in [0.29, 0.717) is 25.3 Å². The Labute approximate surface area is 166 Å². The molecule has 0 aliphatic heterocycles. The first-order valence-corrected chi connectivity index (χ1v) is 10.1. The number of hydrogen-bond acceptors (Lipinski definition) is 3. The standard InChI is InChI=1S/C24H26N2O2/c27-22(13-14-23-25-17-21(28-23)19-9-3-1-4-10-19)26-18-24(15-7-8-16-24)20-11-5-2-6-12-20/h1-6,9-12,17H,7-8,13-16,18H2,(H,26,27). The van der Waals surface area contributed by atoms with Gasteiger partial charge in [-0.15, -0.1) is 0 Å². The first-order valence-electron chi connectivity index (χ1n) is 10.1. The second-order valence-corrected chi connectivity index (χ2v) is 7.61. The van der Waals surface area contributed by atoms with Crippen molar-refractivity contribution < 1.29 is 9.21 Å². The van der Waals surface area contributed by atoms with E-state index in [1.54, 1.807) is 6.20 Å². The maximum atomic E-state index is 12.4. The summed E-state index contributed by atoms with van der Waals surface area (Å²) in [5, 5.41) is 3.16. The van der Waals surface area contributed by atoms with Gasteiger partial charge in [0, 0.05) is 30.4 Å². The molecule has 4 heteroatoms. The highest BCUT2D eigenvalue weighted by atomic mass is 16.4. The number of benzene rings is 2. The van der Waals surface area contributed by atoms with Crippen LogP contribution in [0.3, 0.4) is 0 Å². The number of aryl methyl sites for hydroxylation is 1. The molecule has 0 radical (unpaired) electrons. The normalized spacial score (nSPS) is 15.4. The highest BCUT2D eigenvalue weighted by Gasteiger charge is 2.35. The van der Waals surface area contributed by atoms with Crippen molar-refractivity contribution in [1.82, 2.24) is 10.3 Å². The molecule has 0 spiro atoms. The minimum Gasteiger partial charge on any atom is -0.441 e. The van der Waals surface area contributed by atoms with Crippen molar-refractivity contribution in [3.63, 3.8) is 0 Å². The van der Waals surface area contributed by atoms with Gasteiger partial charge in [-0.2, -0.15) is 0 Å². The first kappa shape index (κ1) is 18.5. The molecule has 1 heterocycles. The average molecular weight is 374 g/mol. The maximum Gasteiger partial charge on any atom is 0.220 e. The van der Waals surface area contributed by atoms with Gasteiger partial charge in [-0.1, -0.05) is 73.5 Å². The van der Waals surface area contributed by atoms with E-state index in [1.165, 1.54) is 18.4 Å². The summed E-state index contributed by atoms with van der Waals surface area (Å²) in [7, 11) is 0. The number of carbonyl (C=O) groups excluding carboxylic acids is 1. The Morgan fingerprint density at radius 1 is 1.00 bits per heavy atom. The van der Waals surface area contributed by atoms with E-state index in [0.717, 1.165) is 24.2 Å². The monoisotopic (exact) mass is 374 g/mol. The van der Waals surface area contributed by atoms with Crippen molar-refractivity contribution in [3.8, 4) is 11.3 Å². The highest BCUT2D eigenvalue weighted by molar-refractivity contribution is 5.76. The largest absolute Gasteiger partial charge is 0.441 e. The van der Waals surface area contributed by atoms with Crippen LogP contribution in [0.4, 0.5) is 0 Å². The first-order chi connectivity index (χ1) is 13.8. The van der Waals surface area contributed by atoms with Gasteiger partial charge in [0.2, 0.25) is 5.91 Å². The van der Waals surface area contributed by atoms with E-state index in [2.05, 4.69) is 34.6 Å². The number of oxazole rings is 1. The third-order valence-electron chi connectivity index (χ3n) is 5.75. The molecule has 28 heavy (non-hydrogen) atoms. The molecule has 1 N–H and O–H groups in total. The molecule has 1 amide bonds. The summed E-state index contributed by atoms with van der Waals surface area (Å²) in [6.07, 6.45) is 7.35. The predicted octanol–water partition coefficient (Wildman–Crippen LogP) is 4.90. The molecule has 1 saturated carbocycles. The molecule has 144 valence electrons. The van der Waals surface area contributed by atoms with Crippen molar-refractivity contribution in [2.75, 3.05) is 6.54 Å². The van der Waals surface area contributed by atoms with Crippen LogP contribution >= 0.6 is 0 Å². The van der Waals surface area contributed by atoms with Crippen LogP contribution in [-0.2, 0) is 16.6 Å². The number of nitrogens with one attached hydrogen (secondary N) is 1. The number of nitrogens with zero attached hydrogens (tertiary/aromatic N) is 1. The van der Waals surface area contributed by atoms with Crippen molar-refractivity contribution >= 4 is 5.91 Å². The Kier molecular flexibility index (Phi) is 5.56. The molecule has 1 aromatic heterocycles. The van der Waals surface area contributed by atoms with Crippen molar-refractivity contribution in [2.24, 2.45) is 0 Å². The van der Waals surface area contributed by atoms with Gasteiger partial charge in [0.25, 0.3) is 0 Å². The lowest BCUT2D eigenvalue weighted by Gasteiger charge is -2.30. The molecule has 4 nitrogen and oxygen atoms in total. The van der Waals surface area contributed by atoms with Gasteiger partial charge in [-0.25, -0.2) is 4.98 Å². The zero-order valence-electron chi connectivity index (χ0n) is 16.1. The van der Waals surface area contributed by atoms with Crippen LogP contribution in [0.1, 0.15) is 43.6 Å². The number of aromatic nitrogens is 1. The Bertz CT molecular complexity index is 897. The minimum atomic E-state index is 0.0571. The molecule has 0 saturated heterocycles. The molecule has 3 aromatic rings. The van der Waals surface area contributed by atoms with Crippen LogP contribution < -0.4 is 5.32 Å². The fourth-order valence-corrected chi connectivity index (χ4v) is 4.15.